The summed E-state index contributed by atoms with van der Waals surface area (Å²) in [5, 5.41) is 0. The first-order valence-electron chi connectivity index (χ1n) is 5.74. The lowest BCUT2D eigenvalue weighted by atomic mass is 10.0. The van der Waals surface area contributed by atoms with Crippen molar-refractivity contribution < 1.29 is 9.53 Å². The summed E-state index contributed by atoms with van der Waals surface area (Å²) >= 11 is 0. The molecule has 16 heavy (non-hydrogen) atoms. The van der Waals surface area contributed by atoms with E-state index in [9.17, 15) is 4.79 Å². The molecule has 1 fully saturated rings. The molecule has 0 heterocycles. The van der Waals surface area contributed by atoms with Crippen LogP contribution in [0.25, 0.3) is 0 Å². The number of carbonyl (C=O) groups is 1. The number of esters is 1. The fraction of sp³-hybridized carbons (Fsp3) is 0.462. The minimum Gasteiger partial charge on any atom is -0.465 e. The van der Waals surface area contributed by atoms with E-state index in [2.05, 4.69) is 12.1 Å². The molecule has 1 aromatic carbocycles. The van der Waals surface area contributed by atoms with Crippen LogP contribution in [0.5, 0.6) is 0 Å². The number of hydrogen-bond donors (Lipinski definition) is 1. The number of nitrogens with two attached hydrogens (primary N) is 1. The van der Waals surface area contributed by atoms with Crippen molar-refractivity contribution in [3.63, 3.8) is 0 Å². The van der Waals surface area contributed by atoms with E-state index in [4.69, 9.17) is 10.5 Å². The average molecular weight is 219 g/mol. The van der Waals surface area contributed by atoms with Crippen LogP contribution in [0.3, 0.4) is 0 Å². The maximum atomic E-state index is 11.4. The van der Waals surface area contributed by atoms with Crippen LogP contribution >= 0.6 is 0 Å². The fourth-order valence-electron chi connectivity index (χ4n) is 1.76. The van der Waals surface area contributed by atoms with E-state index in [1.165, 1.54) is 18.4 Å². The van der Waals surface area contributed by atoms with Crippen LogP contribution in [-0.2, 0) is 9.53 Å². The van der Waals surface area contributed by atoms with Gasteiger partial charge in [-0.25, -0.2) is 4.79 Å². The second-order valence-corrected chi connectivity index (χ2v) is 4.17. The molecule has 1 atom stereocenters. The summed E-state index contributed by atoms with van der Waals surface area (Å²) in [4.78, 5) is 11.4. The van der Waals surface area contributed by atoms with E-state index in [0.29, 0.717) is 6.61 Å². The summed E-state index contributed by atoms with van der Waals surface area (Å²) in [6.45, 7) is 2.15. The number of benzene rings is 1. The summed E-state index contributed by atoms with van der Waals surface area (Å²) in [5.74, 6) is 0.370. The Balaban J connectivity index is 2.05. The van der Waals surface area contributed by atoms with Crippen molar-refractivity contribution in [1.82, 2.24) is 0 Å². The Hall–Kier alpha value is -1.35. The predicted molar refractivity (Wildman–Crippen MR) is 62.0 cm³/mol. The van der Waals surface area contributed by atoms with Crippen LogP contribution in [0.4, 0.5) is 0 Å². The zero-order valence-corrected chi connectivity index (χ0v) is 9.48. The molecule has 3 heteroatoms. The number of hydrogen-bond acceptors (Lipinski definition) is 3. The van der Waals surface area contributed by atoms with E-state index in [-0.39, 0.29) is 5.97 Å². The Morgan fingerprint density at radius 1 is 1.44 bits per heavy atom. The topological polar surface area (TPSA) is 52.3 Å². The molecule has 2 N–H and O–H groups in total. The maximum Gasteiger partial charge on any atom is 0.327 e. The van der Waals surface area contributed by atoms with Gasteiger partial charge in [-0.2, -0.15) is 0 Å². The van der Waals surface area contributed by atoms with Crippen LogP contribution in [0.2, 0.25) is 0 Å². The summed E-state index contributed by atoms with van der Waals surface area (Å²) in [7, 11) is 0. The van der Waals surface area contributed by atoms with E-state index in [1.54, 1.807) is 6.92 Å². The van der Waals surface area contributed by atoms with E-state index in [1.807, 2.05) is 12.1 Å². The molecule has 0 aliphatic heterocycles. The predicted octanol–water partition coefficient (Wildman–Crippen LogP) is 2.13. The zero-order chi connectivity index (χ0) is 11.5. The third-order valence-electron chi connectivity index (χ3n) is 2.88. The SMILES string of the molecule is CCOC(=O)C(N)c1ccc(C2CC2)cc1. The Bertz CT molecular complexity index is 368. The normalized spacial score (nSPS) is 16.9. The largest absolute Gasteiger partial charge is 0.465 e. The minimum atomic E-state index is -0.659. The number of carbonyl (C=O) groups excluding carboxylic acids is 1. The van der Waals surface area contributed by atoms with Crippen molar-refractivity contribution in [2.45, 2.75) is 31.7 Å². The van der Waals surface area contributed by atoms with Gasteiger partial charge in [-0.15, -0.1) is 0 Å². The second kappa shape index (κ2) is 4.66. The van der Waals surface area contributed by atoms with Crippen LogP contribution < -0.4 is 5.73 Å². The van der Waals surface area contributed by atoms with Gasteiger partial charge in [0, 0.05) is 0 Å². The highest BCUT2D eigenvalue weighted by molar-refractivity contribution is 5.77. The highest BCUT2D eigenvalue weighted by Gasteiger charge is 2.24. The number of rotatable bonds is 4. The Labute approximate surface area is 95.6 Å². The highest BCUT2D eigenvalue weighted by atomic mass is 16.5. The van der Waals surface area contributed by atoms with Gasteiger partial charge in [0.2, 0.25) is 0 Å². The molecule has 0 bridgehead atoms. The molecule has 2 rings (SSSR count). The molecule has 1 aromatic rings. The van der Waals surface area contributed by atoms with Gasteiger partial charge in [0.15, 0.2) is 0 Å². The highest BCUT2D eigenvalue weighted by Crippen LogP contribution is 2.40. The fourth-order valence-corrected chi connectivity index (χ4v) is 1.76. The van der Waals surface area contributed by atoms with Crippen molar-refractivity contribution in [1.29, 1.82) is 0 Å². The summed E-state index contributed by atoms with van der Waals surface area (Å²) in [6.07, 6.45) is 2.56. The Kier molecular flexibility index (Phi) is 3.25. The summed E-state index contributed by atoms with van der Waals surface area (Å²) in [6, 6.07) is 7.32. The van der Waals surface area contributed by atoms with Gasteiger partial charge in [0.25, 0.3) is 0 Å². The average Bonchev–Trinajstić information content (AvgIpc) is 3.12. The van der Waals surface area contributed by atoms with Crippen molar-refractivity contribution in [2.24, 2.45) is 5.73 Å². The van der Waals surface area contributed by atoms with Gasteiger partial charge < -0.3 is 10.5 Å². The smallest absolute Gasteiger partial charge is 0.327 e. The molecule has 1 unspecified atom stereocenters. The summed E-state index contributed by atoms with van der Waals surface area (Å²) < 4.78 is 4.88. The standard InChI is InChI=1S/C13H17NO2/c1-2-16-13(15)12(14)11-7-5-10(6-8-11)9-3-4-9/h5-9,12H,2-4,14H2,1H3. The van der Waals surface area contributed by atoms with Crippen molar-refractivity contribution >= 4 is 5.97 Å². The van der Waals surface area contributed by atoms with Crippen LogP contribution in [-0.4, -0.2) is 12.6 Å². The monoisotopic (exact) mass is 219 g/mol. The lowest BCUT2D eigenvalue weighted by Gasteiger charge is -2.11. The zero-order valence-electron chi connectivity index (χ0n) is 9.48. The molecule has 1 aliphatic carbocycles. The quantitative estimate of drug-likeness (QED) is 0.789. The Morgan fingerprint density at radius 3 is 2.56 bits per heavy atom. The third-order valence-corrected chi connectivity index (χ3v) is 2.88. The first-order valence-corrected chi connectivity index (χ1v) is 5.74. The first kappa shape index (κ1) is 11.1. The lowest BCUT2D eigenvalue weighted by molar-refractivity contribution is -0.144. The van der Waals surface area contributed by atoms with Gasteiger partial charge in [-0.05, 0) is 36.8 Å². The summed E-state index contributed by atoms with van der Waals surface area (Å²) in [5.41, 5.74) is 7.96. The van der Waals surface area contributed by atoms with Crippen molar-refractivity contribution in [2.75, 3.05) is 6.61 Å². The molecular weight excluding hydrogens is 202 g/mol. The van der Waals surface area contributed by atoms with Crippen molar-refractivity contribution in [3.05, 3.63) is 35.4 Å². The molecule has 86 valence electrons. The van der Waals surface area contributed by atoms with E-state index in [0.717, 1.165) is 11.5 Å². The van der Waals surface area contributed by atoms with Gasteiger partial charge in [0.05, 0.1) is 6.61 Å². The molecule has 0 saturated heterocycles. The minimum absolute atomic E-state index is 0.360. The van der Waals surface area contributed by atoms with Crippen LogP contribution in [0, 0.1) is 0 Å². The van der Waals surface area contributed by atoms with E-state index < -0.39 is 6.04 Å². The van der Waals surface area contributed by atoms with Gasteiger partial charge in [0.1, 0.15) is 6.04 Å². The van der Waals surface area contributed by atoms with Gasteiger partial charge in [-0.3, -0.25) is 0 Å². The molecular formula is C13H17NO2. The van der Waals surface area contributed by atoms with Crippen LogP contribution in [0.15, 0.2) is 24.3 Å². The van der Waals surface area contributed by atoms with Gasteiger partial charge >= 0.3 is 5.97 Å². The van der Waals surface area contributed by atoms with Crippen molar-refractivity contribution in [3.8, 4) is 0 Å². The molecule has 0 radical (unpaired) electrons. The molecule has 0 aromatic heterocycles. The molecule has 0 spiro atoms. The third kappa shape index (κ3) is 2.42. The molecule has 3 nitrogen and oxygen atoms in total. The molecule has 1 saturated carbocycles. The van der Waals surface area contributed by atoms with E-state index >= 15 is 0 Å². The number of ether oxygens (including phenoxy) is 1. The molecule has 1 aliphatic rings. The first-order chi connectivity index (χ1) is 7.72. The Morgan fingerprint density at radius 2 is 2.06 bits per heavy atom. The molecule has 0 amide bonds. The maximum absolute atomic E-state index is 11.4. The van der Waals surface area contributed by atoms with Crippen LogP contribution in [0.1, 0.15) is 42.9 Å². The lowest BCUT2D eigenvalue weighted by Crippen LogP contribution is -2.23. The van der Waals surface area contributed by atoms with Gasteiger partial charge in [-0.1, -0.05) is 24.3 Å². The second-order valence-electron chi connectivity index (χ2n) is 4.17.